The Kier molecular flexibility index (Phi) is 34.0. The molecular weight excluding hydrogens is 907 g/mol. The largest absolute Gasteiger partial charge is 2.00 e. The predicted molar refractivity (Wildman–Crippen MR) is 257 cm³/mol. The molecule has 9 heteroatoms. The van der Waals surface area contributed by atoms with Gasteiger partial charge in [0, 0.05) is 20.4 Å². The number of nitrogens with two attached hydrogens (primary N) is 1. The molecular formula is C49H86FeNO3P2PdS-. The zero-order valence-electron chi connectivity index (χ0n) is 38.5. The van der Waals surface area contributed by atoms with E-state index in [4.69, 9.17) is 10.3 Å². The van der Waals surface area contributed by atoms with Crippen LogP contribution in [0.3, 0.4) is 0 Å². The maximum atomic E-state index is 9.19. The monoisotopic (exact) mass is 992 g/mol. The summed E-state index contributed by atoms with van der Waals surface area (Å²) in [6.07, 6.45) is 28.5. The molecule has 58 heavy (non-hydrogen) atoms. The van der Waals surface area contributed by atoms with E-state index in [0.29, 0.717) is 16.6 Å². The molecule has 4 saturated carbocycles. The smallest absolute Gasteiger partial charge is 0.406 e. The second-order valence-corrected chi connectivity index (χ2v) is 26.7. The number of hydrogen-bond donors (Lipinski definition) is 2. The summed E-state index contributed by atoms with van der Waals surface area (Å²) < 4.78 is 25.9. The molecule has 4 aliphatic carbocycles. The van der Waals surface area contributed by atoms with E-state index in [1.54, 1.807) is 64.2 Å². The van der Waals surface area contributed by atoms with Crippen LogP contribution >= 0.6 is 15.8 Å². The molecule has 2 aromatic rings. The number of para-hydroxylation sites is 1. The molecule has 3 N–H and O–H groups in total. The van der Waals surface area contributed by atoms with Gasteiger partial charge in [-0.1, -0.05) is 165 Å². The van der Waals surface area contributed by atoms with E-state index in [2.05, 4.69) is 67.7 Å². The third-order valence-electron chi connectivity index (χ3n) is 11.6. The fourth-order valence-electron chi connectivity index (χ4n) is 10.1. The first-order valence-corrected chi connectivity index (χ1v) is 26.1. The van der Waals surface area contributed by atoms with Crippen LogP contribution in [0.5, 0.6) is 0 Å². The molecule has 0 spiro atoms. The van der Waals surface area contributed by atoms with E-state index >= 15 is 0 Å². The van der Waals surface area contributed by atoms with Crippen molar-refractivity contribution in [1.29, 1.82) is 0 Å². The third-order valence-corrected chi connectivity index (χ3v) is 19.8. The second kappa shape index (κ2) is 31.7. The molecule has 4 fully saturated rings. The Morgan fingerprint density at radius 3 is 1.48 bits per heavy atom. The van der Waals surface area contributed by atoms with Gasteiger partial charge in [-0.05, 0) is 89.1 Å². The first-order chi connectivity index (χ1) is 25.5. The molecule has 0 saturated heterocycles. The maximum Gasteiger partial charge on any atom is 2.00 e. The van der Waals surface area contributed by atoms with Gasteiger partial charge in [-0.25, -0.2) is 0 Å². The van der Waals surface area contributed by atoms with Crippen molar-refractivity contribution < 1.29 is 50.5 Å². The van der Waals surface area contributed by atoms with Crippen LogP contribution in [0.25, 0.3) is 11.1 Å². The third kappa shape index (κ3) is 22.9. The van der Waals surface area contributed by atoms with E-state index in [1.807, 2.05) is 48.5 Å². The van der Waals surface area contributed by atoms with Gasteiger partial charge in [0.05, 0.1) is 6.26 Å². The van der Waals surface area contributed by atoms with E-state index < -0.39 is 10.1 Å². The van der Waals surface area contributed by atoms with Crippen LogP contribution < -0.4 is 5.73 Å². The Labute approximate surface area is 388 Å². The number of rotatable bonds is 6. The Balaban J connectivity index is -0.000000862. The molecule has 0 amide bonds. The molecule has 0 heterocycles. The quantitative estimate of drug-likeness (QED) is 0.0755. The number of anilines is 1. The normalized spacial score (nSPS) is 20.2. The van der Waals surface area contributed by atoms with Gasteiger partial charge in [-0.3, -0.25) is 4.55 Å². The Morgan fingerprint density at radius 1 is 0.707 bits per heavy atom. The van der Waals surface area contributed by atoms with Crippen molar-refractivity contribution in [1.82, 2.24) is 0 Å². The Hall–Kier alpha value is -0.0682. The maximum absolute atomic E-state index is 9.19. The molecule has 0 bridgehead atoms. The zero-order chi connectivity index (χ0) is 40.4. The molecule has 2 unspecified atom stereocenters. The van der Waals surface area contributed by atoms with Crippen LogP contribution in [-0.4, -0.2) is 52.2 Å². The summed E-state index contributed by atoms with van der Waals surface area (Å²) in [5.74, 6) is 1.04. The minimum Gasteiger partial charge on any atom is -0.406 e. The van der Waals surface area contributed by atoms with Crippen molar-refractivity contribution in [3.05, 3.63) is 82.6 Å². The number of nitrogen functional groups attached to an aromatic ring is 1. The topological polar surface area (TPSA) is 80.4 Å². The number of hydrogen-bond acceptors (Lipinski definition) is 3. The minimum atomic E-state index is -3.67. The van der Waals surface area contributed by atoms with Crippen LogP contribution in [0.1, 0.15) is 164 Å². The predicted octanol–water partition coefficient (Wildman–Crippen LogP) is 15.7. The summed E-state index contributed by atoms with van der Waals surface area (Å²) in [5, 5.41) is 0.942. The molecule has 6 rings (SSSR count). The fraction of sp³-hybridized carbons (Fsp3) is 0.673. The van der Waals surface area contributed by atoms with Gasteiger partial charge in [-0.15, -0.1) is 49.1 Å². The van der Waals surface area contributed by atoms with Gasteiger partial charge < -0.3 is 20.6 Å². The molecule has 0 aliphatic heterocycles. The van der Waals surface area contributed by atoms with Crippen LogP contribution in [-0.2, 0) is 47.6 Å². The van der Waals surface area contributed by atoms with Gasteiger partial charge in [0.25, 0.3) is 10.1 Å². The van der Waals surface area contributed by atoms with Gasteiger partial charge in [0.2, 0.25) is 0 Å². The molecule has 2 aromatic carbocycles. The molecule has 4 nitrogen and oxygen atoms in total. The van der Waals surface area contributed by atoms with Crippen LogP contribution in [0.2, 0.25) is 0 Å². The summed E-state index contributed by atoms with van der Waals surface area (Å²) >= 11 is 0. The van der Waals surface area contributed by atoms with Crippen molar-refractivity contribution in [2.24, 2.45) is 5.92 Å². The molecule has 3 atom stereocenters. The zero-order valence-corrected chi connectivity index (χ0v) is 43.7. The summed E-state index contributed by atoms with van der Waals surface area (Å²) in [4.78, 5) is 0. The summed E-state index contributed by atoms with van der Waals surface area (Å²) in [6.45, 7) is 24.0. The van der Waals surface area contributed by atoms with E-state index in [9.17, 15) is 8.42 Å². The van der Waals surface area contributed by atoms with Gasteiger partial charge in [-0.2, -0.15) is 8.42 Å². The molecule has 340 valence electrons. The first kappa shape index (κ1) is 62.2. The van der Waals surface area contributed by atoms with Crippen molar-refractivity contribution in [3.63, 3.8) is 0 Å². The minimum absolute atomic E-state index is 0. The van der Waals surface area contributed by atoms with Crippen molar-refractivity contribution in [2.45, 2.75) is 197 Å². The molecule has 0 aromatic heterocycles. The summed E-state index contributed by atoms with van der Waals surface area (Å²) in [5.41, 5.74) is 13.0. The van der Waals surface area contributed by atoms with E-state index in [-0.39, 0.29) is 68.2 Å². The van der Waals surface area contributed by atoms with Gasteiger partial charge in [0.1, 0.15) is 0 Å². The summed E-state index contributed by atoms with van der Waals surface area (Å²) in [6, 6.07) is 18.8. The van der Waals surface area contributed by atoms with Crippen LogP contribution in [0.15, 0.2) is 61.7 Å². The van der Waals surface area contributed by atoms with Gasteiger partial charge in [0.15, 0.2) is 0 Å². The van der Waals surface area contributed by atoms with Crippen molar-refractivity contribution >= 4 is 31.6 Å². The average Bonchev–Trinajstić information content (AvgIpc) is 3.86. The summed E-state index contributed by atoms with van der Waals surface area (Å²) in [7, 11) is -3.41. The van der Waals surface area contributed by atoms with E-state index in [0.717, 1.165) is 45.4 Å². The molecule has 4 aliphatic rings. The standard InChI is InChI=1S/C27H52P2.C12H10N.C5H10.C2H4.CH4O3S.2CH3.Fe.Pd/c1-21(29(26(2,3)4)27(5,6)7)24-19-14-20-25(24)28(22-15-10-8-11-16-22)23-17-12-9-13-18-23;13-12-9-5-4-8-11(12)10-6-2-1-3-7-10;1-2-4-5-3-1;1-2;1-5(2,3)4;;;;/h21-25H,8-20H2,1-7H3;1-6,8-9H,13H2;1-5H2;1-2H2;1H3,(H,2,3,4);2*1H3;;/q;-1;;;;2*-1;+2;/t21-,24?,25?;;;;;;;;/m0......../s1. The van der Waals surface area contributed by atoms with Crippen molar-refractivity contribution in [2.75, 3.05) is 12.0 Å². The first-order valence-electron chi connectivity index (χ1n) is 21.3. The SMILES string of the molecule is C1CCCC1.C=C.CS(=O)(=O)O.C[C@@H](C1CCCC1P(C1CCCCC1)C1CCCCC1)P(C(C)(C)C)C(C)(C)C.Nc1ccccc1-c1[c-]cccc1.[CH3-].[CH3-].[Fe+2].[Pd]. The van der Waals surface area contributed by atoms with Crippen LogP contribution in [0, 0.1) is 26.8 Å². The molecule has 0 radical (unpaired) electrons. The van der Waals surface area contributed by atoms with Crippen LogP contribution in [0.4, 0.5) is 5.69 Å². The second-order valence-electron chi connectivity index (χ2n) is 18.0. The number of benzene rings is 2. The average molecular weight is 994 g/mol. The van der Waals surface area contributed by atoms with Gasteiger partial charge >= 0.3 is 17.1 Å². The Morgan fingerprint density at radius 2 is 1.10 bits per heavy atom. The van der Waals surface area contributed by atoms with Crippen molar-refractivity contribution in [3.8, 4) is 11.1 Å². The fourth-order valence-corrected chi connectivity index (χ4v) is 20.4. The Bertz CT molecular complexity index is 1360. The van der Waals surface area contributed by atoms with E-state index in [1.165, 1.54) is 51.4 Å².